The lowest BCUT2D eigenvalue weighted by molar-refractivity contribution is 0.0696. The molecule has 0 fully saturated rings. The number of nitrogens with zero attached hydrogens (tertiary/aromatic N) is 1. The van der Waals surface area contributed by atoms with Crippen molar-refractivity contribution >= 4 is 35.3 Å². The van der Waals surface area contributed by atoms with E-state index in [0.29, 0.717) is 16.3 Å². The van der Waals surface area contributed by atoms with Gasteiger partial charge in [0.2, 0.25) is 0 Å². The highest BCUT2D eigenvalue weighted by Gasteiger charge is 2.22. The van der Waals surface area contributed by atoms with Gasteiger partial charge in [-0.3, -0.25) is 5.43 Å². The van der Waals surface area contributed by atoms with Crippen LogP contribution in [0.2, 0.25) is 5.02 Å². The Labute approximate surface area is 223 Å². The molecule has 0 aliphatic carbocycles. The summed E-state index contributed by atoms with van der Waals surface area (Å²) < 4.78 is 19.6. The van der Waals surface area contributed by atoms with Crippen LogP contribution in [0.25, 0.3) is 0 Å². The predicted molar refractivity (Wildman–Crippen MR) is 140 cm³/mol. The number of anilines is 1. The minimum absolute atomic E-state index is 0.0693. The third-order valence-corrected chi connectivity index (χ3v) is 5.31. The van der Waals surface area contributed by atoms with E-state index in [0.717, 1.165) is 10.5 Å². The Morgan fingerprint density at radius 3 is 2.24 bits per heavy atom. The zero-order valence-electron chi connectivity index (χ0n) is 20.6. The summed E-state index contributed by atoms with van der Waals surface area (Å²) in [6.45, 7) is 3.53. The smallest absolute Gasteiger partial charge is 0.341 e. The minimum atomic E-state index is -1.10. The molecule has 38 heavy (non-hydrogen) atoms. The standard InChI is InChI=1S/C26H27ClFN5O5/c1-16(2)38-23-12-11-21(13-22(23)28)30-32-31-26(37)33(15-18-3-7-19(8-4-18)24(34)35)25(36)29-14-17-5-9-20(27)10-6-17/h3-13,16,30,32H,14-15H2,1-2H3,(H,29,36)(H,31,37)(H,34,35). The summed E-state index contributed by atoms with van der Waals surface area (Å²) in [5.74, 6) is -1.60. The molecule has 12 heteroatoms. The Morgan fingerprint density at radius 2 is 1.63 bits per heavy atom. The number of rotatable bonds is 10. The lowest BCUT2D eigenvalue weighted by Gasteiger charge is -2.22. The number of carboxylic acid groups (broad SMARTS) is 1. The van der Waals surface area contributed by atoms with Gasteiger partial charge in [0.1, 0.15) is 0 Å². The molecule has 5 N–H and O–H groups in total. The number of amides is 4. The van der Waals surface area contributed by atoms with Gasteiger partial charge in [-0.1, -0.05) is 35.9 Å². The number of aromatic carboxylic acids is 1. The quantitative estimate of drug-likeness (QED) is 0.229. The van der Waals surface area contributed by atoms with E-state index in [1.54, 1.807) is 44.2 Å². The van der Waals surface area contributed by atoms with E-state index < -0.39 is 23.8 Å². The molecule has 0 aliphatic heterocycles. The molecular formula is C26H27ClFN5O5. The van der Waals surface area contributed by atoms with Gasteiger partial charge < -0.3 is 20.6 Å². The normalized spacial score (nSPS) is 10.6. The fourth-order valence-corrected chi connectivity index (χ4v) is 3.32. The number of carbonyl (C=O) groups is 3. The topological polar surface area (TPSA) is 132 Å². The molecule has 10 nitrogen and oxygen atoms in total. The Bertz CT molecular complexity index is 1270. The van der Waals surface area contributed by atoms with Crippen molar-refractivity contribution in [1.29, 1.82) is 0 Å². The van der Waals surface area contributed by atoms with Crippen LogP contribution in [0.4, 0.5) is 19.7 Å². The number of benzene rings is 3. The van der Waals surface area contributed by atoms with Crippen LogP contribution in [0.15, 0.2) is 66.7 Å². The number of nitrogens with one attached hydrogen (secondary N) is 4. The maximum atomic E-state index is 14.2. The lowest BCUT2D eigenvalue weighted by atomic mass is 10.1. The molecule has 0 aliphatic rings. The van der Waals surface area contributed by atoms with E-state index in [1.165, 1.54) is 36.4 Å². The van der Waals surface area contributed by atoms with Gasteiger partial charge in [0.05, 0.1) is 23.9 Å². The minimum Gasteiger partial charge on any atom is -0.488 e. The van der Waals surface area contributed by atoms with Crippen LogP contribution in [-0.2, 0) is 13.1 Å². The first-order valence-corrected chi connectivity index (χ1v) is 11.9. The molecule has 0 radical (unpaired) electrons. The first-order chi connectivity index (χ1) is 18.1. The average molecular weight is 544 g/mol. The lowest BCUT2D eigenvalue weighted by Crippen LogP contribution is -2.52. The molecule has 0 heterocycles. The molecule has 3 aromatic rings. The second-order valence-corrected chi connectivity index (χ2v) is 8.80. The van der Waals surface area contributed by atoms with Crippen LogP contribution in [0.1, 0.15) is 35.3 Å². The van der Waals surface area contributed by atoms with Gasteiger partial charge in [-0.05, 0) is 61.4 Å². The largest absolute Gasteiger partial charge is 0.488 e. The maximum Gasteiger partial charge on any atom is 0.341 e. The van der Waals surface area contributed by atoms with Crippen LogP contribution >= 0.6 is 11.6 Å². The first kappa shape index (κ1) is 28.2. The molecular weight excluding hydrogens is 517 g/mol. The molecule has 3 aromatic carbocycles. The van der Waals surface area contributed by atoms with Crippen molar-refractivity contribution in [2.24, 2.45) is 0 Å². The SMILES string of the molecule is CC(C)Oc1ccc(NNNC(=O)N(Cc2ccc(C(=O)O)cc2)C(=O)NCc2ccc(Cl)cc2)cc1F. The van der Waals surface area contributed by atoms with Gasteiger partial charge in [-0.2, -0.15) is 0 Å². The van der Waals surface area contributed by atoms with E-state index in [4.69, 9.17) is 21.4 Å². The number of hydrogen-bond acceptors (Lipinski definition) is 6. The summed E-state index contributed by atoms with van der Waals surface area (Å²) in [4.78, 5) is 37.8. The van der Waals surface area contributed by atoms with Crippen molar-refractivity contribution < 1.29 is 28.6 Å². The summed E-state index contributed by atoms with van der Waals surface area (Å²) >= 11 is 5.89. The van der Waals surface area contributed by atoms with Gasteiger partial charge in [-0.15, -0.1) is 5.53 Å². The van der Waals surface area contributed by atoms with Crippen molar-refractivity contribution in [2.75, 3.05) is 5.43 Å². The van der Waals surface area contributed by atoms with Crippen molar-refractivity contribution in [3.63, 3.8) is 0 Å². The summed E-state index contributed by atoms with van der Waals surface area (Å²) in [7, 11) is 0. The molecule has 4 amide bonds. The third kappa shape index (κ3) is 8.36. The molecule has 0 aromatic heterocycles. The molecule has 3 rings (SSSR count). The Kier molecular flexibility index (Phi) is 9.85. The number of urea groups is 2. The summed E-state index contributed by atoms with van der Waals surface area (Å²) in [6, 6.07) is 15.2. The molecule has 0 atom stereocenters. The fraction of sp³-hybridized carbons (Fsp3) is 0.192. The Morgan fingerprint density at radius 1 is 0.974 bits per heavy atom. The number of carboxylic acids is 1. The van der Waals surface area contributed by atoms with Gasteiger partial charge in [-0.25, -0.2) is 23.7 Å². The van der Waals surface area contributed by atoms with E-state index in [-0.39, 0.29) is 30.5 Å². The first-order valence-electron chi connectivity index (χ1n) is 11.5. The second kappa shape index (κ2) is 13.3. The average Bonchev–Trinajstić information content (AvgIpc) is 2.88. The van der Waals surface area contributed by atoms with Crippen molar-refractivity contribution in [1.82, 2.24) is 21.2 Å². The van der Waals surface area contributed by atoms with Gasteiger partial charge in [0.15, 0.2) is 11.6 Å². The molecule has 0 saturated heterocycles. The number of imide groups is 1. The van der Waals surface area contributed by atoms with Crippen molar-refractivity contribution in [2.45, 2.75) is 33.0 Å². The summed E-state index contributed by atoms with van der Waals surface area (Å²) in [6.07, 6.45) is -0.196. The zero-order valence-corrected chi connectivity index (χ0v) is 21.4. The van der Waals surface area contributed by atoms with Crippen LogP contribution in [0.5, 0.6) is 5.75 Å². The van der Waals surface area contributed by atoms with Crippen LogP contribution < -0.4 is 26.4 Å². The van der Waals surface area contributed by atoms with Gasteiger partial charge >= 0.3 is 18.0 Å². The predicted octanol–water partition coefficient (Wildman–Crippen LogP) is 4.92. The third-order valence-electron chi connectivity index (χ3n) is 5.06. The monoisotopic (exact) mass is 543 g/mol. The number of hydrazine groups is 2. The maximum absolute atomic E-state index is 14.2. The highest BCUT2D eigenvalue weighted by Crippen LogP contribution is 2.21. The molecule has 0 spiro atoms. The highest BCUT2D eigenvalue weighted by atomic mass is 35.5. The highest BCUT2D eigenvalue weighted by molar-refractivity contribution is 6.30. The second-order valence-electron chi connectivity index (χ2n) is 8.37. The van der Waals surface area contributed by atoms with E-state index in [2.05, 4.69) is 21.7 Å². The Balaban J connectivity index is 1.66. The van der Waals surface area contributed by atoms with Crippen LogP contribution in [0.3, 0.4) is 0 Å². The Hall–Kier alpha value is -4.35. The number of carbonyl (C=O) groups excluding carboxylic acids is 2. The van der Waals surface area contributed by atoms with Crippen molar-refractivity contribution in [3.05, 3.63) is 94.3 Å². The van der Waals surface area contributed by atoms with E-state index >= 15 is 0 Å². The van der Waals surface area contributed by atoms with Crippen LogP contribution in [-0.4, -0.2) is 34.1 Å². The zero-order chi connectivity index (χ0) is 27.7. The molecule has 0 saturated carbocycles. The number of halogens is 2. The molecule has 0 unspecified atom stereocenters. The fourth-order valence-electron chi connectivity index (χ4n) is 3.20. The van der Waals surface area contributed by atoms with Gasteiger partial charge in [0, 0.05) is 17.6 Å². The summed E-state index contributed by atoms with van der Waals surface area (Å²) in [5, 5.41) is 12.3. The van der Waals surface area contributed by atoms with Gasteiger partial charge in [0.25, 0.3) is 0 Å². The molecule has 0 bridgehead atoms. The van der Waals surface area contributed by atoms with Crippen LogP contribution in [0, 0.1) is 5.82 Å². The van der Waals surface area contributed by atoms with E-state index in [9.17, 15) is 18.8 Å². The molecule has 200 valence electrons. The number of ether oxygens (including phenoxy) is 1. The summed E-state index contributed by atoms with van der Waals surface area (Å²) in [5.41, 5.74) is 9.04. The van der Waals surface area contributed by atoms with E-state index in [1.807, 2.05) is 0 Å². The van der Waals surface area contributed by atoms with Crippen molar-refractivity contribution in [3.8, 4) is 5.75 Å². The number of hydrogen-bond donors (Lipinski definition) is 5.